The monoisotopic (exact) mass is 386 g/mol. The van der Waals surface area contributed by atoms with Crippen molar-refractivity contribution in [1.29, 1.82) is 5.26 Å². The number of fused-ring (bicyclic) bond motifs is 1. The van der Waals surface area contributed by atoms with Crippen LogP contribution in [0.25, 0.3) is 22.2 Å². The normalized spacial score (nSPS) is 19.1. The van der Waals surface area contributed by atoms with Crippen LogP contribution in [0.4, 0.5) is 5.69 Å². The van der Waals surface area contributed by atoms with Gasteiger partial charge in [-0.05, 0) is 43.9 Å². The third kappa shape index (κ3) is 3.08. The number of oxazole rings is 1. The molecule has 0 unspecified atom stereocenters. The molecule has 0 spiro atoms. The van der Waals surface area contributed by atoms with Gasteiger partial charge in [0.05, 0.1) is 11.3 Å². The average Bonchev–Trinajstić information content (AvgIpc) is 3.33. The number of likely N-dealkylation sites (N-methyl/N-ethyl adjacent to an activating group) is 1. The fourth-order valence-electron chi connectivity index (χ4n) is 4.58. The van der Waals surface area contributed by atoms with Gasteiger partial charge in [0.15, 0.2) is 11.5 Å². The van der Waals surface area contributed by atoms with E-state index in [1.54, 1.807) is 0 Å². The molecule has 148 valence electrons. The SMILES string of the molecule is CCN[C@H]1CCN(c2c(-c3ccccc3)c(C)c(C#N)c3nc(C4CC4)oc23)C1. The van der Waals surface area contributed by atoms with Crippen LogP contribution in [0.5, 0.6) is 0 Å². The molecule has 1 atom stereocenters. The fourth-order valence-corrected chi connectivity index (χ4v) is 4.58. The van der Waals surface area contributed by atoms with E-state index in [4.69, 9.17) is 9.40 Å². The van der Waals surface area contributed by atoms with Crippen molar-refractivity contribution in [2.24, 2.45) is 0 Å². The first-order chi connectivity index (χ1) is 14.2. The molecule has 1 saturated heterocycles. The molecule has 29 heavy (non-hydrogen) atoms. The van der Waals surface area contributed by atoms with Crippen LogP contribution in [0, 0.1) is 18.3 Å². The minimum absolute atomic E-state index is 0.412. The van der Waals surface area contributed by atoms with E-state index < -0.39 is 0 Å². The first kappa shape index (κ1) is 18.2. The van der Waals surface area contributed by atoms with Gasteiger partial charge in [0.2, 0.25) is 0 Å². The molecule has 5 nitrogen and oxygen atoms in total. The van der Waals surface area contributed by atoms with Gasteiger partial charge in [-0.15, -0.1) is 0 Å². The molecule has 2 aliphatic rings. The van der Waals surface area contributed by atoms with Crippen LogP contribution in [-0.4, -0.2) is 30.7 Å². The summed E-state index contributed by atoms with van der Waals surface area (Å²) in [5.41, 5.74) is 6.46. The van der Waals surface area contributed by atoms with E-state index in [1.165, 1.54) is 0 Å². The van der Waals surface area contributed by atoms with Crippen molar-refractivity contribution >= 4 is 16.8 Å². The van der Waals surface area contributed by atoms with Gasteiger partial charge in [-0.3, -0.25) is 0 Å². The zero-order chi connectivity index (χ0) is 20.0. The van der Waals surface area contributed by atoms with E-state index in [9.17, 15) is 5.26 Å². The van der Waals surface area contributed by atoms with Gasteiger partial charge in [-0.1, -0.05) is 37.3 Å². The molecule has 5 heteroatoms. The van der Waals surface area contributed by atoms with Crippen molar-refractivity contribution in [1.82, 2.24) is 10.3 Å². The third-order valence-electron chi connectivity index (χ3n) is 6.18. The number of nitrogens with zero attached hydrogens (tertiary/aromatic N) is 3. The van der Waals surface area contributed by atoms with Gasteiger partial charge in [-0.25, -0.2) is 4.98 Å². The number of hydrogen-bond acceptors (Lipinski definition) is 5. The van der Waals surface area contributed by atoms with Crippen LogP contribution >= 0.6 is 0 Å². The van der Waals surface area contributed by atoms with Crippen LogP contribution in [0.15, 0.2) is 34.7 Å². The Labute approximate surface area is 171 Å². The van der Waals surface area contributed by atoms with Gasteiger partial charge in [0, 0.05) is 30.6 Å². The fraction of sp³-hybridized carbons (Fsp3) is 0.417. The van der Waals surface area contributed by atoms with E-state index >= 15 is 0 Å². The zero-order valence-corrected chi connectivity index (χ0v) is 17.0. The third-order valence-corrected chi connectivity index (χ3v) is 6.18. The predicted molar refractivity (Wildman–Crippen MR) is 115 cm³/mol. The molecule has 1 aromatic heterocycles. The molecule has 1 N–H and O–H groups in total. The largest absolute Gasteiger partial charge is 0.438 e. The Morgan fingerprint density at radius 3 is 2.72 bits per heavy atom. The van der Waals surface area contributed by atoms with Crippen molar-refractivity contribution in [3.8, 4) is 17.2 Å². The molecule has 2 fully saturated rings. The second-order valence-electron chi connectivity index (χ2n) is 8.19. The summed E-state index contributed by atoms with van der Waals surface area (Å²) in [6, 6.07) is 13.3. The topological polar surface area (TPSA) is 65.1 Å². The summed E-state index contributed by atoms with van der Waals surface area (Å²) in [4.78, 5) is 7.22. The molecule has 5 rings (SSSR count). The molecule has 0 radical (unpaired) electrons. The summed E-state index contributed by atoms with van der Waals surface area (Å²) in [6.07, 6.45) is 3.35. The number of nitrogens with one attached hydrogen (secondary N) is 1. The Balaban J connectivity index is 1.77. The van der Waals surface area contributed by atoms with E-state index in [0.29, 0.717) is 17.5 Å². The Kier molecular flexibility index (Phi) is 4.52. The van der Waals surface area contributed by atoms with Crippen molar-refractivity contribution < 1.29 is 4.42 Å². The lowest BCUT2D eigenvalue weighted by Gasteiger charge is -2.24. The summed E-state index contributed by atoms with van der Waals surface area (Å²) < 4.78 is 6.37. The molecule has 1 saturated carbocycles. The number of nitriles is 1. The highest BCUT2D eigenvalue weighted by molar-refractivity contribution is 6.02. The standard InChI is InChI=1S/C24H26N4O/c1-3-26-18-11-12-28(14-18)22-20(16-7-5-4-6-8-16)15(2)19(13-25)21-23(22)29-24(27-21)17-9-10-17/h4-8,17-18,26H,3,9-12,14H2,1-2H3/t18-/m0/s1. The minimum Gasteiger partial charge on any atom is -0.438 e. The molecule has 2 heterocycles. The maximum Gasteiger partial charge on any atom is 0.198 e. The quantitative estimate of drug-likeness (QED) is 0.686. The first-order valence-electron chi connectivity index (χ1n) is 10.6. The molecular weight excluding hydrogens is 360 g/mol. The average molecular weight is 386 g/mol. The van der Waals surface area contributed by atoms with Crippen LogP contribution in [-0.2, 0) is 0 Å². The van der Waals surface area contributed by atoms with E-state index in [2.05, 4.69) is 47.5 Å². The summed E-state index contributed by atoms with van der Waals surface area (Å²) >= 11 is 0. The smallest absolute Gasteiger partial charge is 0.198 e. The number of hydrogen-bond donors (Lipinski definition) is 1. The molecule has 3 aromatic rings. The lowest BCUT2D eigenvalue weighted by molar-refractivity contribution is 0.532. The van der Waals surface area contributed by atoms with Gasteiger partial charge in [0.25, 0.3) is 0 Å². The van der Waals surface area contributed by atoms with E-state index in [-0.39, 0.29) is 0 Å². The highest BCUT2D eigenvalue weighted by Gasteiger charge is 2.34. The molecule has 1 aliphatic heterocycles. The van der Waals surface area contributed by atoms with Crippen molar-refractivity contribution in [3.63, 3.8) is 0 Å². The molecular formula is C24H26N4O. The van der Waals surface area contributed by atoms with Crippen LogP contribution < -0.4 is 10.2 Å². The lowest BCUT2D eigenvalue weighted by Crippen LogP contribution is -2.32. The van der Waals surface area contributed by atoms with Gasteiger partial charge < -0.3 is 14.6 Å². The molecule has 1 aliphatic carbocycles. The number of rotatable bonds is 5. The second-order valence-corrected chi connectivity index (χ2v) is 8.19. The second kappa shape index (κ2) is 7.20. The highest BCUT2D eigenvalue weighted by atomic mass is 16.4. The van der Waals surface area contributed by atoms with Crippen molar-refractivity contribution in [3.05, 3.63) is 47.3 Å². The molecule has 0 amide bonds. The van der Waals surface area contributed by atoms with E-state index in [0.717, 1.165) is 78.3 Å². The summed E-state index contributed by atoms with van der Waals surface area (Å²) in [7, 11) is 0. The Morgan fingerprint density at radius 1 is 1.24 bits per heavy atom. The van der Waals surface area contributed by atoms with Crippen LogP contribution in [0.1, 0.15) is 49.1 Å². The maximum absolute atomic E-state index is 9.96. The highest BCUT2D eigenvalue weighted by Crippen LogP contribution is 2.47. The Bertz CT molecular complexity index is 1090. The van der Waals surface area contributed by atoms with Crippen LogP contribution in [0.3, 0.4) is 0 Å². The van der Waals surface area contributed by atoms with Gasteiger partial charge in [-0.2, -0.15) is 5.26 Å². The number of benzene rings is 2. The first-order valence-corrected chi connectivity index (χ1v) is 10.6. The summed E-state index contributed by atoms with van der Waals surface area (Å²) in [5.74, 6) is 1.21. The van der Waals surface area contributed by atoms with Crippen molar-refractivity contribution in [2.75, 3.05) is 24.5 Å². The van der Waals surface area contributed by atoms with Crippen molar-refractivity contribution in [2.45, 2.75) is 45.1 Å². The Morgan fingerprint density at radius 2 is 2.03 bits per heavy atom. The molecule has 2 aromatic carbocycles. The maximum atomic E-state index is 9.96. The van der Waals surface area contributed by atoms with Gasteiger partial charge >= 0.3 is 0 Å². The summed E-state index contributed by atoms with van der Waals surface area (Å²) in [6.45, 7) is 7.08. The van der Waals surface area contributed by atoms with Gasteiger partial charge in [0.1, 0.15) is 11.6 Å². The summed E-state index contributed by atoms with van der Waals surface area (Å²) in [5, 5.41) is 13.5. The number of anilines is 1. The predicted octanol–water partition coefficient (Wildman–Crippen LogP) is 4.74. The van der Waals surface area contributed by atoms with E-state index in [1.807, 2.05) is 13.0 Å². The zero-order valence-electron chi connectivity index (χ0n) is 17.0. The minimum atomic E-state index is 0.412. The lowest BCUT2D eigenvalue weighted by atomic mass is 9.93. The number of aromatic nitrogens is 1. The Hall–Kier alpha value is -2.84. The van der Waals surface area contributed by atoms with Crippen LogP contribution in [0.2, 0.25) is 0 Å². The molecule has 0 bridgehead atoms.